The van der Waals surface area contributed by atoms with Crippen molar-refractivity contribution in [2.75, 3.05) is 25.0 Å². The van der Waals surface area contributed by atoms with E-state index in [-0.39, 0.29) is 0 Å². The third-order valence-electron chi connectivity index (χ3n) is 4.35. The van der Waals surface area contributed by atoms with E-state index in [2.05, 4.69) is 27.9 Å². The van der Waals surface area contributed by atoms with Crippen LogP contribution in [0, 0.1) is 11.3 Å². The summed E-state index contributed by atoms with van der Waals surface area (Å²) in [4.78, 5) is 9.30. The van der Waals surface area contributed by atoms with Gasteiger partial charge in [0.1, 0.15) is 11.9 Å². The number of aromatic nitrogens is 1. The van der Waals surface area contributed by atoms with Crippen molar-refractivity contribution in [1.82, 2.24) is 9.88 Å². The van der Waals surface area contributed by atoms with E-state index in [1.165, 1.54) is 19.3 Å². The van der Waals surface area contributed by atoms with E-state index in [9.17, 15) is 0 Å². The van der Waals surface area contributed by atoms with Crippen molar-refractivity contribution in [3.63, 3.8) is 0 Å². The maximum Gasteiger partial charge on any atom is 0.128 e. The van der Waals surface area contributed by atoms with Gasteiger partial charge in [-0.3, -0.25) is 4.90 Å². The number of pyridine rings is 1. The zero-order valence-corrected chi connectivity index (χ0v) is 10.7. The monoisotopic (exact) mass is 242 g/mol. The van der Waals surface area contributed by atoms with E-state index in [0.29, 0.717) is 11.6 Å². The lowest BCUT2D eigenvalue weighted by atomic mass is 10.1. The first-order valence-electron chi connectivity index (χ1n) is 6.61. The van der Waals surface area contributed by atoms with E-state index >= 15 is 0 Å². The Balaban J connectivity index is 1.78. The SMILES string of the molecule is CN1[C@@H]2CC[C@@H]1CN(c1ccc(C#N)cn1)CC2. The molecule has 0 aliphatic carbocycles. The Morgan fingerprint density at radius 1 is 1.28 bits per heavy atom. The quantitative estimate of drug-likeness (QED) is 0.750. The second-order valence-corrected chi connectivity index (χ2v) is 5.30. The summed E-state index contributed by atoms with van der Waals surface area (Å²) in [5.74, 6) is 1.01. The van der Waals surface area contributed by atoms with Crippen LogP contribution in [-0.4, -0.2) is 42.1 Å². The topological polar surface area (TPSA) is 43.2 Å². The van der Waals surface area contributed by atoms with Crippen molar-refractivity contribution in [3.05, 3.63) is 23.9 Å². The number of anilines is 1. The fourth-order valence-electron chi connectivity index (χ4n) is 3.16. The molecule has 2 fully saturated rings. The van der Waals surface area contributed by atoms with E-state index in [1.54, 1.807) is 6.20 Å². The van der Waals surface area contributed by atoms with Crippen LogP contribution < -0.4 is 4.90 Å². The number of fused-ring (bicyclic) bond motifs is 2. The summed E-state index contributed by atoms with van der Waals surface area (Å²) in [6, 6.07) is 7.35. The largest absolute Gasteiger partial charge is 0.355 e. The van der Waals surface area contributed by atoms with Crippen molar-refractivity contribution in [2.45, 2.75) is 31.3 Å². The Bertz CT molecular complexity index is 462. The van der Waals surface area contributed by atoms with Gasteiger partial charge in [0.05, 0.1) is 5.56 Å². The molecule has 2 saturated heterocycles. The van der Waals surface area contributed by atoms with Gasteiger partial charge in [-0.1, -0.05) is 0 Å². The minimum Gasteiger partial charge on any atom is -0.355 e. The van der Waals surface area contributed by atoms with E-state index in [4.69, 9.17) is 5.26 Å². The number of nitrogens with zero attached hydrogens (tertiary/aromatic N) is 4. The van der Waals surface area contributed by atoms with Crippen LogP contribution >= 0.6 is 0 Å². The summed E-state index contributed by atoms with van der Waals surface area (Å²) >= 11 is 0. The molecule has 0 N–H and O–H groups in total. The van der Waals surface area contributed by atoms with E-state index in [1.807, 2.05) is 12.1 Å². The zero-order valence-electron chi connectivity index (χ0n) is 10.7. The lowest BCUT2D eigenvalue weighted by molar-refractivity contribution is 0.254. The van der Waals surface area contributed by atoms with Crippen molar-refractivity contribution >= 4 is 5.82 Å². The van der Waals surface area contributed by atoms with Crippen molar-refractivity contribution in [1.29, 1.82) is 5.26 Å². The van der Waals surface area contributed by atoms with Crippen LogP contribution in [0.1, 0.15) is 24.8 Å². The molecular weight excluding hydrogens is 224 g/mol. The molecule has 94 valence electrons. The molecule has 18 heavy (non-hydrogen) atoms. The molecule has 0 saturated carbocycles. The summed E-state index contributed by atoms with van der Waals surface area (Å²) in [5, 5.41) is 8.79. The first-order valence-corrected chi connectivity index (χ1v) is 6.61. The molecule has 0 aromatic carbocycles. The van der Waals surface area contributed by atoms with Gasteiger partial charge in [-0.25, -0.2) is 4.98 Å². The number of rotatable bonds is 1. The number of likely N-dealkylation sites (N-methyl/N-ethyl adjacent to an activating group) is 1. The van der Waals surface area contributed by atoms with Gasteiger partial charge in [0.25, 0.3) is 0 Å². The first-order chi connectivity index (χ1) is 8.78. The first kappa shape index (κ1) is 11.5. The van der Waals surface area contributed by atoms with Gasteiger partial charge in [0.2, 0.25) is 0 Å². The molecule has 3 heterocycles. The van der Waals surface area contributed by atoms with Crippen LogP contribution in [0.25, 0.3) is 0 Å². The van der Waals surface area contributed by atoms with Crippen LogP contribution in [0.4, 0.5) is 5.82 Å². The van der Waals surface area contributed by atoms with E-state index in [0.717, 1.165) is 24.9 Å². The molecular formula is C14H18N4. The molecule has 2 aliphatic rings. The van der Waals surface area contributed by atoms with Gasteiger partial charge in [-0.05, 0) is 38.4 Å². The van der Waals surface area contributed by atoms with E-state index < -0.39 is 0 Å². The molecule has 0 radical (unpaired) electrons. The highest BCUT2D eigenvalue weighted by molar-refractivity contribution is 5.42. The molecule has 1 aromatic heterocycles. The highest BCUT2D eigenvalue weighted by Crippen LogP contribution is 2.29. The van der Waals surface area contributed by atoms with Gasteiger partial charge in [-0.15, -0.1) is 0 Å². The third kappa shape index (κ3) is 1.95. The van der Waals surface area contributed by atoms with Gasteiger partial charge in [-0.2, -0.15) is 5.26 Å². The predicted octanol–water partition coefficient (Wildman–Crippen LogP) is 1.63. The van der Waals surface area contributed by atoms with Gasteiger partial charge < -0.3 is 4.90 Å². The standard InChI is InChI=1S/C14H18N4/c1-17-12-3-4-13(17)10-18(7-6-12)14-5-2-11(8-15)9-16-14/h2,5,9,12-13H,3-4,6-7,10H2,1H3/t12-,13-/m1/s1. The molecule has 1 aromatic rings. The predicted molar refractivity (Wildman–Crippen MR) is 70.4 cm³/mol. The number of hydrogen-bond acceptors (Lipinski definition) is 4. The Morgan fingerprint density at radius 3 is 2.83 bits per heavy atom. The van der Waals surface area contributed by atoms with Crippen molar-refractivity contribution < 1.29 is 0 Å². The lowest BCUT2D eigenvalue weighted by Crippen LogP contribution is -2.36. The summed E-state index contributed by atoms with van der Waals surface area (Å²) in [6.45, 7) is 2.14. The van der Waals surface area contributed by atoms with Crippen molar-refractivity contribution in [2.24, 2.45) is 0 Å². The third-order valence-corrected chi connectivity index (χ3v) is 4.35. The smallest absolute Gasteiger partial charge is 0.128 e. The molecule has 2 aliphatic heterocycles. The average Bonchev–Trinajstić information content (AvgIpc) is 2.64. The highest BCUT2D eigenvalue weighted by Gasteiger charge is 2.34. The average molecular weight is 242 g/mol. The molecule has 2 atom stereocenters. The van der Waals surface area contributed by atoms with Crippen LogP contribution in [0.15, 0.2) is 18.3 Å². The Labute approximate surface area is 108 Å². The molecule has 3 rings (SSSR count). The second kappa shape index (κ2) is 4.58. The van der Waals surface area contributed by atoms with Crippen LogP contribution in [0.5, 0.6) is 0 Å². The minimum absolute atomic E-state index is 0.632. The maximum atomic E-state index is 8.79. The zero-order chi connectivity index (χ0) is 12.5. The Morgan fingerprint density at radius 2 is 2.11 bits per heavy atom. The lowest BCUT2D eigenvalue weighted by Gasteiger charge is -2.26. The van der Waals surface area contributed by atoms with Crippen LogP contribution in [0.3, 0.4) is 0 Å². The maximum absolute atomic E-state index is 8.79. The van der Waals surface area contributed by atoms with Crippen molar-refractivity contribution in [3.8, 4) is 6.07 Å². The van der Waals surface area contributed by atoms with Crippen LogP contribution in [0.2, 0.25) is 0 Å². The number of hydrogen-bond donors (Lipinski definition) is 0. The molecule has 0 unspecified atom stereocenters. The Hall–Kier alpha value is -1.60. The van der Waals surface area contributed by atoms with Gasteiger partial charge >= 0.3 is 0 Å². The molecule has 2 bridgehead atoms. The fourth-order valence-corrected chi connectivity index (χ4v) is 3.16. The van der Waals surface area contributed by atoms with Crippen LogP contribution in [-0.2, 0) is 0 Å². The second-order valence-electron chi connectivity index (χ2n) is 5.30. The molecule has 0 amide bonds. The molecule has 0 spiro atoms. The fraction of sp³-hybridized carbons (Fsp3) is 0.571. The molecule has 4 nitrogen and oxygen atoms in total. The normalized spacial score (nSPS) is 27.9. The number of nitriles is 1. The Kier molecular flexibility index (Phi) is 2.92. The minimum atomic E-state index is 0.632. The summed E-state index contributed by atoms with van der Waals surface area (Å²) in [5.41, 5.74) is 0.632. The highest BCUT2D eigenvalue weighted by atomic mass is 15.3. The summed E-state index contributed by atoms with van der Waals surface area (Å²) < 4.78 is 0. The summed E-state index contributed by atoms with van der Waals surface area (Å²) in [6.07, 6.45) is 5.53. The molecule has 4 heteroatoms. The summed E-state index contributed by atoms with van der Waals surface area (Å²) in [7, 11) is 2.25. The van der Waals surface area contributed by atoms with Gasteiger partial charge in [0, 0.05) is 31.4 Å². The van der Waals surface area contributed by atoms with Gasteiger partial charge in [0.15, 0.2) is 0 Å².